The lowest BCUT2D eigenvalue weighted by Gasteiger charge is -2.08. The monoisotopic (exact) mass is 295 g/mol. The first-order valence-electron chi connectivity index (χ1n) is 6.07. The van der Waals surface area contributed by atoms with E-state index < -0.39 is 5.97 Å². The van der Waals surface area contributed by atoms with Crippen LogP contribution in [0.4, 0.5) is 4.39 Å². The van der Waals surface area contributed by atoms with E-state index in [1.807, 2.05) is 6.92 Å². The molecule has 1 heterocycles. The zero-order valence-electron chi connectivity index (χ0n) is 11.1. The Morgan fingerprint density at radius 2 is 2.20 bits per heavy atom. The van der Waals surface area contributed by atoms with Gasteiger partial charge in [0.25, 0.3) is 0 Å². The van der Waals surface area contributed by atoms with Crippen LogP contribution < -0.4 is 0 Å². The van der Waals surface area contributed by atoms with Crippen molar-refractivity contribution < 1.29 is 14.3 Å². The lowest BCUT2D eigenvalue weighted by molar-refractivity contribution is -0.133. The van der Waals surface area contributed by atoms with Gasteiger partial charge in [-0.1, -0.05) is 23.9 Å². The molecule has 2 aromatic rings. The predicted molar refractivity (Wildman–Crippen MR) is 74.2 cm³/mol. The average Bonchev–Trinajstić information content (AvgIpc) is 2.82. The highest BCUT2D eigenvalue weighted by molar-refractivity contribution is 7.99. The Hall–Kier alpha value is -1.89. The number of nitrogens with zero attached hydrogens (tertiary/aromatic N) is 3. The lowest BCUT2D eigenvalue weighted by atomic mass is 10.1. The van der Waals surface area contributed by atoms with E-state index in [0.29, 0.717) is 28.7 Å². The molecule has 2 rings (SSSR count). The van der Waals surface area contributed by atoms with Gasteiger partial charge in [-0.2, -0.15) is 0 Å². The van der Waals surface area contributed by atoms with Gasteiger partial charge in [0.05, 0.1) is 11.3 Å². The van der Waals surface area contributed by atoms with E-state index in [1.165, 1.54) is 0 Å². The Morgan fingerprint density at radius 1 is 1.45 bits per heavy atom. The normalized spacial score (nSPS) is 10.8. The smallest absolute Gasteiger partial charge is 0.313 e. The van der Waals surface area contributed by atoms with E-state index >= 15 is 0 Å². The molecule has 0 fully saturated rings. The van der Waals surface area contributed by atoms with Crippen molar-refractivity contribution in [3.05, 3.63) is 29.6 Å². The van der Waals surface area contributed by atoms with Crippen molar-refractivity contribution >= 4 is 17.7 Å². The zero-order chi connectivity index (χ0) is 14.7. The number of hydrogen-bond acceptors (Lipinski definition) is 4. The van der Waals surface area contributed by atoms with Crippen LogP contribution in [0.1, 0.15) is 12.5 Å². The summed E-state index contributed by atoms with van der Waals surface area (Å²) in [5, 5.41) is 17.1. The SMILES string of the molecule is CCn1c(SCC(=O)O)nnc1-c1cccc(C)c1F. The van der Waals surface area contributed by atoms with Crippen LogP contribution in [0, 0.1) is 12.7 Å². The summed E-state index contributed by atoms with van der Waals surface area (Å²) < 4.78 is 15.9. The molecule has 0 aliphatic heterocycles. The van der Waals surface area contributed by atoms with Gasteiger partial charge in [0.1, 0.15) is 5.82 Å². The minimum absolute atomic E-state index is 0.103. The first-order valence-corrected chi connectivity index (χ1v) is 7.06. The predicted octanol–water partition coefficient (Wildman–Crippen LogP) is 2.59. The molecule has 20 heavy (non-hydrogen) atoms. The fourth-order valence-electron chi connectivity index (χ4n) is 1.83. The van der Waals surface area contributed by atoms with Crippen LogP contribution in [-0.2, 0) is 11.3 Å². The van der Waals surface area contributed by atoms with Crippen LogP contribution in [0.5, 0.6) is 0 Å². The molecule has 0 saturated heterocycles. The van der Waals surface area contributed by atoms with E-state index in [2.05, 4.69) is 10.2 Å². The molecule has 0 atom stereocenters. The molecule has 106 valence electrons. The molecule has 1 N–H and O–H groups in total. The standard InChI is InChI=1S/C13H14FN3O2S/c1-3-17-12(9-6-4-5-8(2)11(9)14)15-16-13(17)20-7-10(18)19/h4-6H,3,7H2,1-2H3,(H,18,19). The molecule has 1 aromatic carbocycles. The second-order valence-corrected chi connectivity index (χ2v) is 5.11. The van der Waals surface area contributed by atoms with Gasteiger partial charge in [-0.25, -0.2) is 4.39 Å². The van der Waals surface area contributed by atoms with Gasteiger partial charge in [0.15, 0.2) is 11.0 Å². The lowest BCUT2D eigenvalue weighted by Crippen LogP contribution is -2.04. The van der Waals surface area contributed by atoms with Crippen molar-refractivity contribution in [3.63, 3.8) is 0 Å². The van der Waals surface area contributed by atoms with Gasteiger partial charge in [-0.05, 0) is 25.5 Å². The number of benzene rings is 1. The van der Waals surface area contributed by atoms with Crippen molar-refractivity contribution in [2.75, 3.05) is 5.75 Å². The Balaban J connectivity index is 2.42. The maximum absolute atomic E-state index is 14.1. The molecular weight excluding hydrogens is 281 g/mol. The fraction of sp³-hybridized carbons (Fsp3) is 0.308. The maximum Gasteiger partial charge on any atom is 0.313 e. The largest absolute Gasteiger partial charge is 0.481 e. The number of halogens is 1. The Bertz CT molecular complexity index is 643. The van der Waals surface area contributed by atoms with E-state index in [1.54, 1.807) is 29.7 Å². The molecule has 0 saturated carbocycles. The van der Waals surface area contributed by atoms with Crippen LogP contribution in [0.25, 0.3) is 11.4 Å². The summed E-state index contributed by atoms with van der Waals surface area (Å²) >= 11 is 1.07. The van der Waals surface area contributed by atoms with Gasteiger partial charge >= 0.3 is 5.97 Å². The quantitative estimate of drug-likeness (QED) is 0.859. The minimum Gasteiger partial charge on any atom is -0.481 e. The van der Waals surface area contributed by atoms with Crippen molar-refractivity contribution in [1.82, 2.24) is 14.8 Å². The number of thioether (sulfide) groups is 1. The van der Waals surface area contributed by atoms with Crippen LogP contribution >= 0.6 is 11.8 Å². The third-order valence-electron chi connectivity index (χ3n) is 2.79. The zero-order valence-corrected chi connectivity index (χ0v) is 11.9. The highest BCUT2D eigenvalue weighted by atomic mass is 32.2. The van der Waals surface area contributed by atoms with Crippen LogP contribution in [0.3, 0.4) is 0 Å². The number of rotatable bonds is 5. The number of aromatic nitrogens is 3. The number of hydrogen-bond donors (Lipinski definition) is 1. The van der Waals surface area contributed by atoms with Crippen molar-refractivity contribution in [1.29, 1.82) is 0 Å². The van der Waals surface area contributed by atoms with Crippen LogP contribution in [0.15, 0.2) is 23.4 Å². The first-order chi connectivity index (χ1) is 9.54. The van der Waals surface area contributed by atoms with E-state index in [9.17, 15) is 9.18 Å². The molecule has 0 radical (unpaired) electrons. The highest BCUT2D eigenvalue weighted by Crippen LogP contribution is 2.27. The summed E-state index contributed by atoms with van der Waals surface area (Å²) in [4.78, 5) is 10.6. The number of carbonyl (C=O) groups is 1. The summed E-state index contributed by atoms with van der Waals surface area (Å²) in [6, 6.07) is 5.09. The van der Waals surface area contributed by atoms with E-state index in [0.717, 1.165) is 11.8 Å². The number of carboxylic acids is 1. The van der Waals surface area contributed by atoms with Gasteiger partial charge in [0.2, 0.25) is 0 Å². The van der Waals surface area contributed by atoms with E-state index in [4.69, 9.17) is 5.11 Å². The molecule has 7 heteroatoms. The summed E-state index contributed by atoms with van der Waals surface area (Å²) in [7, 11) is 0. The molecular formula is C13H14FN3O2S. The molecule has 0 spiro atoms. The molecule has 0 amide bonds. The van der Waals surface area contributed by atoms with Crippen molar-refractivity contribution in [3.8, 4) is 11.4 Å². The van der Waals surface area contributed by atoms with E-state index in [-0.39, 0.29) is 11.6 Å². The Morgan fingerprint density at radius 3 is 2.85 bits per heavy atom. The molecule has 1 aromatic heterocycles. The summed E-state index contributed by atoms with van der Waals surface area (Å²) in [5.41, 5.74) is 0.911. The van der Waals surface area contributed by atoms with Gasteiger partial charge in [-0.3, -0.25) is 4.79 Å². The highest BCUT2D eigenvalue weighted by Gasteiger charge is 2.17. The number of carboxylic acid groups (broad SMARTS) is 1. The third kappa shape index (κ3) is 2.82. The van der Waals surface area contributed by atoms with Crippen molar-refractivity contribution in [2.24, 2.45) is 0 Å². The second-order valence-electron chi connectivity index (χ2n) is 4.17. The summed E-state index contributed by atoms with van der Waals surface area (Å²) in [5.74, 6) is -0.941. The van der Waals surface area contributed by atoms with Crippen molar-refractivity contribution in [2.45, 2.75) is 25.5 Å². The Kier molecular flexibility index (Phi) is 4.39. The maximum atomic E-state index is 14.1. The fourth-order valence-corrected chi connectivity index (χ4v) is 2.55. The molecule has 0 bridgehead atoms. The first kappa shape index (κ1) is 14.5. The van der Waals surface area contributed by atoms with Crippen LogP contribution in [-0.4, -0.2) is 31.6 Å². The molecule has 0 unspecified atom stereocenters. The molecule has 0 aliphatic rings. The molecule has 0 aliphatic carbocycles. The Labute approximate surface area is 119 Å². The van der Waals surface area contributed by atoms with Gasteiger partial charge < -0.3 is 9.67 Å². The van der Waals surface area contributed by atoms with Gasteiger partial charge in [0, 0.05) is 6.54 Å². The van der Waals surface area contributed by atoms with Gasteiger partial charge in [-0.15, -0.1) is 10.2 Å². The topological polar surface area (TPSA) is 68.0 Å². The summed E-state index contributed by atoms with van der Waals surface area (Å²) in [6.07, 6.45) is 0. The number of aryl methyl sites for hydroxylation is 1. The van der Waals surface area contributed by atoms with Crippen LogP contribution in [0.2, 0.25) is 0 Å². The second kappa shape index (κ2) is 6.04. The third-order valence-corrected chi connectivity index (χ3v) is 3.74. The number of aliphatic carboxylic acids is 1. The minimum atomic E-state index is -0.927. The molecule has 5 nitrogen and oxygen atoms in total. The summed E-state index contributed by atoms with van der Waals surface area (Å²) in [6.45, 7) is 4.11. The average molecular weight is 295 g/mol.